The molecule has 13 nitrogen and oxygen atoms in total. The summed E-state index contributed by atoms with van der Waals surface area (Å²) in [7, 11) is -4.81. The number of nitrogens with one attached hydrogen (secondary N) is 3. The summed E-state index contributed by atoms with van der Waals surface area (Å²) >= 11 is 0. The quantitative estimate of drug-likeness (QED) is 0.0227. The first-order chi connectivity index (χ1) is 30.8. The van der Waals surface area contributed by atoms with E-state index in [-0.39, 0.29) is 50.0 Å². The summed E-state index contributed by atoms with van der Waals surface area (Å²) in [4.78, 5) is 71.1. The van der Waals surface area contributed by atoms with E-state index in [0.717, 1.165) is 64.2 Å². The maximum Gasteiger partial charge on any atom is 0.469 e. The van der Waals surface area contributed by atoms with Gasteiger partial charge in [-0.25, -0.2) is 4.57 Å². The van der Waals surface area contributed by atoms with E-state index >= 15 is 0 Å². The molecule has 0 aromatic carbocycles. The van der Waals surface area contributed by atoms with Gasteiger partial charge in [-0.1, -0.05) is 188 Å². The topological polar surface area (TPSA) is 212 Å². The van der Waals surface area contributed by atoms with Crippen molar-refractivity contribution >= 4 is 31.3 Å². The molecule has 0 bridgehead atoms. The first-order valence-electron chi connectivity index (χ1n) is 26.2. The van der Waals surface area contributed by atoms with Crippen molar-refractivity contribution < 1.29 is 48.3 Å². The third-order valence-corrected chi connectivity index (χ3v) is 12.8. The highest BCUT2D eigenvalue weighted by Gasteiger charge is 2.25. The van der Waals surface area contributed by atoms with E-state index in [1.165, 1.54) is 116 Å². The van der Waals surface area contributed by atoms with Crippen molar-refractivity contribution in [1.29, 1.82) is 0 Å². The first-order valence-corrected chi connectivity index (χ1v) is 27.7. The van der Waals surface area contributed by atoms with Crippen molar-refractivity contribution in [3.8, 4) is 0 Å². The van der Waals surface area contributed by atoms with Crippen LogP contribution in [0.1, 0.15) is 252 Å². The van der Waals surface area contributed by atoms with Crippen molar-refractivity contribution in [2.45, 2.75) is 270 Å². The molecule has 0 fully saturated rings. The van der Waals surface area contributed by atoms with Gasteiger partial charge in [0.25, 0.3) is 0 Å². The van der Waals surface area contributed by atoms with Crippen LogP contribution in [0.15, 0.2) is 0 Å². The van der Waals surface area contributed by atoms with Gasteiger partial charge in [0.05, 0.1) is 31.8 Å². The van der Waals surface area contributed by atoms with Gasteiger partial charge in [-0.3, -0.25) is 23.7 Å². The molecule has 7 N–H and O–H groups in total. The molecule has 0 saturated heterocycles. The number of aliphatic hydroxyl groups is 2. The molecule has 0 aliphatic carbocycles. The highest BCUT2D eigenvalue weighted by molar-refractivity contribution is 7.46. The second-order valence-electron chi connectivity index (χ2n) is 18.6. The van der Waals surface area contributed by atoms with Crippen LogP contribution in [0.4, 0.5) is 0 Å². The SMILES string of the molecule is CCCCCCCCCCCC(=O)C[C@H](CCCCCCCCCCC)CC(=O)NC(CCOP(=O)(O)O)C(=O)NCCCC(CO)NC(=O)C[C@H](O)CCCCCCCCCCC. The van der Waals surface area contributed by atoms with Crippen molar-refractivity contribution in [2.24, 2.45) is 5.92 Å². The number of hydrogen-bond donors (Lipinski definition) is 7. The fourth-order valence-electron chi connectivity index (χ4n) is 8.34. The molecule has 0 radical (unpaired) electrons. The van der Waals surface area contributed by atoms with E-state index in [1.54, 1.807) is 0 Å². The summed E-state index contributed by atoms with van der Waals surface area (Å²) in [6.07, 6.45) is 33.5. The van der Waals surface area contributed by atoms with Gasteiger partial charge >= 0.3 is 7.82 Å². The average Bonchev–Trinajstić information content (AvgIpc) is 3.24. The molecule has 0 aliphatic rings. The van der Waals surface area contributed by atoms with Crippen molar-refractivity contribution in [1.82, 2.24) is 16.0 Å². The Morgan fingerprint density at radius 3 is 1.47 bits per heavy atom. The van der Waals surface area contributed by atoms with E-state index in [0.29, 0.717) is 32.1 Å². The lowest BCUT2D eigenvalue weighted by Crippen LogP contribution is -2.48. The van der Waals surface area contributed by atoms with Crippen LogP contribution in [0.3, 0.4) is 0 Å². The third kappa shape index (κ3) is 41.5. The Morgan fingerprint density at radius 2 is 0.984 bits per heavy atom. The maximum absolute atomic E-state index is 13.5. The fourth-order valence-corrected chi connectivity index (χ4v) is 8.68. The minimum Gasteiger partial charge on any atom is -0.394 e. The van der Waals surface area contributed by atoms with Gasteiger partial charge in [0.1, 0.15) is 11.8 Å². The van der Waals surface area contributed by atoms with Crippen LogP contribution in [0.5, 0.6) is 0 Å². The van der Waals surface area contributed by atoms with Gasteiger partial charge in [0, 0.05) is 32.2 Å². The number of carbonyl (C=O) groups excluding carboxylic acids is 4. The highest BCUT2D eigenvalue weighted by atomic mass is 31.2. The summed E-state index contributed by atoms with van der Waals surface area (Å²) in [6, 6.07) is -1.70. The lowest BCUT2D eigenvalue weighted by atomic mass is 9.90. The molecule has 64 heavy (non-hydrogen) atoms. The number of amides is 3. The minimum atomic E-state index is -4.81. The Labute approximate surface area is 390 Å². The molecular weight excluding hydrogens is 834 g/mol. The molecule has 378 valence electrons. The summed E-state index contributed by atoms with van der Waals surface area (Å²) in [5.74, 6) is -1.32. The summed E-state index contributed by atoms with van der Waals surface area (Å²) in [5.41, 5.74) is 0. The second-order valence-corrected chi connectivity index (χ2v) is 19.8. The summed E-state index contributed by atoms with van der Waals surface area (Å²) < 4.78 is 16.0. The monoisotopic (exact) mass is 932 g/mol. The Balaban J connectivity index is 5.11. The maximum atomic E-state index is 13.5. The summed E-state index contributed by atoms with van der Waals surface area (Å²) in [6.45, 7) is 6.02. The average molecular weight is 932 g/mol. The van der Waals surface area contributed by atoms with Crippen LogP contribution in [0, 0.1) is 5.92 Å². The highest BCUT2D eigenvalue weighted by Crippen LogP contribution is 2.35. The molecule has 0 rings (SSSR count). The molecule has 0 heterocycles. The number of unbranched alkanes of at least 4 members (excludes halogenated alkanes) is 24. The molecule has 4 atom stereocenters. The number of ketones is 1. The first kappa shape index (κ1) is 62.1. The molecule has 14 heteroatoms. The zero-order chi connectivity index (χ0) is 47.5. The Kier molecular flexibility index (Phi) is 42.4. The van der Waals surface area contributed by atoms with E-state index in [2.05, 4.69) is 41.2 Å². The number of aliphatic hydroxyl groups excluding tert-OH is 2. The Bertz CT molecular complexity index is 1190. The molecule has 2 unspecified atom stereocenters. The van der Waals surface area contributed by atoms with Gasteiger partial charge in [0.2, 0.25) is 17.7 Å². The van der Waals surface area contributed by atoms with Crippen LogP contribution < -0.4 is 16.0 Å². The van der Waals surface area contributed by atoms with Crippen molar-refractivity contribution in [3.63, 3.8) is 0 Å². The Morgan fingerprint density at radius 1 is 0.531 bits per heavy atom. The van der Waals surface area contributed by atoms with Crippen molar-refractivity contribution in [2.75, 3.05) is 19.8 Å². The largest absolute Gasteiger partial charge is 0.469 e. The van der Waals surface area contributed by atoms with Gasteiger partial charge in [-0.05, 0) is 38.0 Å². The van der Waals surface area contributed by atoms with Crippen LogP contribution in [0.2, 0.25) is 0 Å². The van der Waals surface area contributed by atoms with E-state index in [9.17, 15) is 43.7 Å². The number of rotatable bonds is 48. The normalized spacial score (nSPS) is 13.6. The second kappa shape index (κ2) is 43.7. The molecule has 0 aromatic rings. The molecular formula is C50H98N3O10P. The van der Waals surface area contributed by atoms with Gasteiger partial charge in [-0.2, -0.15) is 0 Å². The summed E-state index contributed by atoms with van der Waals surface area (Å²) in [5, 5.41) is 28.6. The van der Waals surface area contributed by atoms with E-state index in [1.807, 2.05) is 0 Å². The van der Waals surface area contributed by atoms with Gasteiger partial charge in [0.15, 0.2) is 0 Å². The third-order valence-electron chi connectivity index (χ3n) is 12.3. The molecule has 0 aromatic heterocycles. The van der Waals surface area contributed by atoms with E-state index in [4.69, 9.17) is 0 Å². The lowest BCUT2D eigenvalue weighted by molar-refractivity contribution is -0.130. The number of Topliss-reactive ketones (excluding diaryl/α,β-unsaturated/α-hetero) is 1. The van der Waals surface area contributed by atoms with Crippen molar-refractivity contribution in [3.05, 3.63) is 0 Å². The van der Waals surface area contributed by atoms with Crippen LogP contribution in [-0.2, 0) is 28.3 Å². The van der Waals surface area contributed by atoms with Crippen LogP contribution in [0.25, 0.3) is 0 Å². The van der Waals surface area contributed by atoms with E-state index < -0.39 is 44.4 Å². The zero-order valence-electron chi connectivity index (χ0n) is 41.1. The van der Waals surface area contributed by atoms with Gasteiger partial charge in [-0.15, -0.1) is 0 Å². The molecule has 0 aliphatic heterocycles. The zero-order valence-corrected chi connectivity index (χ0v) is 42.0. The standard InChI is InChI=1S/C50H98N3O10P/c1-4-7-10-13-16-19-22-25-28-32-43(39-45(55)34-29-26-23-20-17-14-11-8-5-2)40-48(57)53-47(36-38-63-64(60,61)62)50(59)51-37-31-33-44(42-54)52-49(58)41-46(56)35-30-27-24-21-18-15-12-9-6-3/h43-44,46-47,54,56H,4-42H2,1-3H3,(H,51,59)(H,52,58)(H,53,57)(H2,60,61,62)/t43-,44?,46+,47?/m0/s1. The predicted molar refractivity (Wildman–Crippen MR) is 260 cm³/mol. The molecule has 0 spiro atoms. The minimum absolute atomic E-state index is 0.0458. The smallest absolute Gasteiger partial charge is 0.394 e. The van der Waals surface area contributed by atoms with Crippen LogP contribution >= 0.6 is 7.82 Å². The van der Waals surface area contributed by atoms with Crippen LogP contribution in [-0.4, -0.2) is 81.5 Å². The number of phosphoric acid groups is 1. The number of hydrogen-bond acceptors (Lipinski definition) is 8. The fraction of sp³-hybridized carbons (Fsp3) is 0.920. The molecule has 3 amide bonds. The van der Waals surface area contributed by atoms with Gasteiger partial charge < -0.3 is 36.0 Å². The number of carbonyl (C=O) groups is 4. The molecule has 0 saturated carbocycles. The number of phosphoric ester groups is 1. The lowest BCUT2D eigenvalue weighted by Gasteiger charge is -2.22. The predicted octanol–water partition coefficient (Wildman–Crippen LogP) is 10.8. The Hall–Kier alpha value is -1.89.